The summed E-state index contributed by atoms with van der Waals surface area (Å²) < 4.78 is 13.1. The molecule has 0 saturated heterocycles. The largest absolute Gasteiger partial charge is 0.326 e. The summed E-state index contributed by atoms with van der Waals surface area (Å²) in [6, 6.07) is 9.23. The molecule has 0 aliphatic heterocycles. The third kappa shape index (κ3) is 2.95. The van der Waals surface area contributed by atoms with Gasteiger partial charge in [-0.05, 0) is 35.9 Å². The molecule has 1 aromatic heterocycles. The molecule has 0 spiro atoms. The standard InChI is InChI=1S/C14H14FN3O/c1-18(12-4-2-3-11(15)8-12)14(19)13-7-10(9-16)5-6-17-13/h2-8H,9,16H2,1H3. The number of nitrogens with zero attached hydrogens (tertiary/aromatic N) is 2. The molecule has 1 aromatic carbocycles. The number of amides is 1. The first-order valence-corrected chi connectivity index (χ1v) is 5.80. The Kier molecular flexibility index (Phi) is 3.87. The maximum absolute atomic E-state index is 13.1. The Morgan fingerprint density at radius 3 is 2.84 bits per heavy atom. The van der Waals surface area contributed by atoms with E-state index in [1.165, 1.54) is 23.2 Å². The number of carbonyl (C=O) groups excluding carboxylic acids is 1. The SMILES string of the molecule is CN(C(=O)c1cc(CN)ccn1)c1cccc(F)c1. The first-order chi connectivity index (χ1) is 9.11. The molecular weight excluding hydrogens is 245 g/mol. The Balaban J connectivity index is 2.28. The van der Waals surface area contributed by atoms with Crippen LogP contribution in [0.2, 0.25) is 0 Å². The number of hydrogen-bond donors (Lipinski definition) is 1. The molecule has 0 radical (unpaired) electrons. The van der Waals surface area contributed by atoms with Gasteiger partial charge in [-0.3, -0.25) is 9.78 Å². The lowest BCUT2D eigenvalue weighted by Crippen LogP contribution is -2.27. The number of aromatic nitrogens is 1. The Morgan fingerprint density at radius 1 is 1.37 bits per heavy atom. The molecule has 1 amide bonds. The first kappa shape index (κ1) is 13.2. The molecule has 4 nitrogen and oxygen atoms in total. The van der Waals surface area contributed by atoms with Crippen LogP contribution in [0.25, 0.3) is 0 Å². The van der Waals surface area contributed by atoms with E-state index in [9.17, 15) is 9.18 Å². The first-order valence-electron chi connectivity index (χ1n) is 5.80. The third-order valence-electron chi connectivity index (χ3n) is 2.78. The normalized spacial score (nSPS) is 10.3. The van der Waals surface area contributed by atoms with Gasteiger partial charge in [0.2, 0.25) is 0 Å². The van der Waals surface area contributed by atoms with Crippen molar-refractivity contribution >= 4 is 11.6 Å². The van der Waals surface area contributed by atoms with Gasteiger partial charge in [0.15, 0.2) is 0 Å². The number of nitrogens with two attached hydrogens (primary N) is 1. The molecule has 5 heteroatoms. The molecule has 1 heterocycles. The number of benzene rings is 1. The van der Waals surface area contributed by atoms with Gasteiger partial charge in [0.1, 0.15) is 11.5 Å². The van der Waals surface area contributed by atoms with E-state index in [2.05, 4.69) is 4.98 Å². The zero-order valence-electron chi connectivity index (χ0n) is 10.5. The topological polar surface area (TPSA) is 59.2 Å². The van der Waals surface area contributed by atoms with Crippen LogP contribution in [0.4, 0.5) is 10.1 Å². The number of anilines is 1. The van der Waals surface area contributed by atoms with Crippen molar-refractivity contribution in [1.82, 2.24) is 4.98 Å². The summed E-state index contributed by atoms with van der Waals surface area (Å²) in [7, 11) is 1.58. The van der Waals surface area contributed by atoms with Gasteiger partial charge in [-0.25, -0.2) is 4.39 Å². The highest BCUT2D eigenvalue weighted by atomic mass is 19.1. The van der Waals surface area contributed by atoms with Gasteiger partial charge in [0, 0.05) is 25.5 Å². The quantitative estimate of drug-likeness (QED) is 0.916. The summed E-state index contributed by atoms with van der Waals surface area (Å²) in [6.07, 6.45) is 1.54. The summed E-state index contributed by atoms with van der Waals surface area (Å²) in [5, 5.41) is 0. The van der Waals surface area contributed by atoms with Gasteiger partial charge < -0.3 is 10.6 Å². The van der Waals surface area contributed by atoms with E-state index >= 15 is 0 Å². The van der Waals surface area contributed by atoms with Crippen LogP contribution >= 0.6 is 0 Å². The van der Waals surface area contributed by atoms with E-state index < -0.39 is 0 Å². The van der Waals surface area contributed by atoms with Crippen LogP contribution in [-0.4, -0.2) is 17.9 Å². The van der Waals surface area contributed by atoms with Crippen molar-refractivity contribution in [2.45, 2.75) is 6.54 Å². The van der Waals surface area contributed by atoms with Gasteiger partial charge in [0.05, 0.1) is 0 Å². The van der Waals surface area contributed by atoms with E-state index in [1.54, 1.807) is 31.3 Å². The number of hydrogen-bond acceptors (Lipinski definition) is 3. The van der Waals surface area contributed by atoms with Crippen molar-refractivity contribution in [2.75, 3.05) is 11.9 Å². The monoisotopic (exact) mass is 259 g/mol. The Labute approximate surface area is 110 Å². The van der Waals surface area contributed by atoms with Crippen molar-refractivity contribution in [3.8, 4) is 0 Å². The molecule has 0 saturated carbocycles. The fourth-order valence-corrected chi connectivity index (χ4v) is 1.69. The van der Waals surface area contributed by atoms with Crippen molar-refractivity contribution < 1.29 is 9.18 Å². The van der Waals surface area contributed by atoms with Crippen LogP contribution in [0.5, 0.6) is 0 Å². The number of carbonyl (C=O) groups is 1. The Morgan fingerprint density at radius 2 is 2.16 bits per heavy atom. The number of rotatable bonds is 3. The van der Waals surface area contributed by atoms with Crippen LogP contribution < -0.4 is 10.6 Å². The molecule has 0 aliphatic carbocycles. The second kappa shape index (κ2) is 5.58. The minimum atomic E-state index is -0.388. The Hall–Kier alpha value is -2.27. The zero-order valence-corrected chi connectivity index (χ0v) is 10.5. The summed E-state index contributed by atoms with van der Waals surface area (Å²) in [5.41, 5.74) is 7.11. The second-order valence-corrected chi connectivity index (χ2v) is 4.10. The van der Waals surface area contributed by atoms with Crippen molar-refractivity contribution in [3.63, 3.8) is 0 Å². The predicted octanol–water partition coefficient (Wildman–Crippen LogP) is 1.96. The van der Waals surface area contributed by atoms with Gasteiger partial charge in [-0.2, -0.15) is 0 Å². The zero-order chi connectivity index (χ0) is 13.8. The average Bonchev–Trinajstić information content (AvgIpc) is 2.45. The van der Waals surface area contributed by atoms with Gasteiger partial charge in [-0.15, -0.1) is 0 Å². The molecule has 0 atom stereocenters. The van der Waals surface area contributed by atoms with E-state index in [4.69, 9.17) is 5.73 Å². The molecule has 0 bridgehead atoms. The smallest absolute Gasteiger partial charge is 0.276 e. The molecule has 19 heavy (non-hydrogen) atoms. The van der Waals surface area contributed by atoms with E-state index in [0.29, 0.717) is 12.2 Å². The minimum absolute atomic E-state index is 0.287. The van der Waals surface area contributed by atoms with Crippen LogP contribution in [-0.2, 0) is 6.54 Å². The van der Waals surface area contributed by atoms with E-state index in [1.807, 2.05) is 0 Å². The van der Waals surface area contributed by atoms with Crippen LogP contribution in [0.15, 0.2) is 42.6 Å². The van der Waals surface area contributed by atoms with Crippen LogP contribution in [0.1, 0.15) is 16.1 Å². The molecule has 0 fully saturated rings. The maximum Gasteiger partial charge on any atom is 0.276 e. The highest BCUT2D eigenvalue weighted by Gasteiger charge is 2.15. The van der Waals surface area contributed by atoms with E-state index in [-0.39, 0.29) is 17.4 Å². The van der Waals surface area contributed by atoms with Gasteiger partial charge >= 0.3 is 0 Å². The predicted molar refractivity (Wildman–Crippen MR) is 71.3 cm³/mol. The van der Waals surface area contributed by atoms with Crippen molar-refractivity contribution in [1.29, 1.82) is 0 Å². The minimum Gasteiger partial charge on any atom is -0.326 e. The average molecular weight is 259 g/mol. The third-order valence-corrected chi connectivity index (χ3v) is 2.78. The molecule has 0 aliphatic rings. The molecule has 0 unspecified atom stereocenters. The second-order valence-electron chi connectivity index (χ2n) is 4.10. The molecule has 2 rings (SSSR count). The van der Waals surface area contributed by atoms with Crippen LogP contribution in [0, 0.1) is 5.82 Å². The summed E-state index contributed by atoms with van der Waals surface area (Å²) >= 11 is 0. The Bertz CT molecular complexity index is 601. The molecule has 98 valence electrons. The number of halogens is 1. The summed E-state index contributed by atoms with van der Waals surface area (Å²) in [4.78, 5) is 17.6. The fourth-order valence-electron chi connectivity index (χ4n) is 1.69. The van der Waals surface area contributed by atoms with Crippen molar-refractivity contribution in [3.05, 3.63) is 59.7 Å². The number of pyridine rings is 1. The summed E-state index contributed by atoms with van der Waals surface area (Å²) in [6.45, 7) is 0.340. The van der Waals surface area contributed by atoms with Crippen molar-refractivity contribution in [2.24, 2.45) is 5.73 Å². The van der Waals surface area contributed by atoms with Crippen LogP contribution in [0.3, 0.4) is 0 Å². The maximum atomic E-state index is 13.1. The van der Waals surface area contributed by atoms with Gasteiger partial charge in [-0.1, -0.05) is 6.07 Å². The van der Waals surface area contributed by atoms with E-state index in [0.717, 1.165) is 5.56 Å². The summed E-state index contributed by atoms with van der Waals surface area (Å²) in [5.74, 6) is -0.693. The molecule has 2 N–H and O–H groups in total. The lowest BCUT2D eigenvalue weighted by Gasteiger charge is -2.17. The fraction of sp³-hybridized carbons (Fsp3) is 0.143. The highest BCUT2D eigenvalue weighted by Crippen LogP contribution is 2.16. The molecule has 2 aromatic rings. The van der Waals surface area contributed by atoms with Gasteiger partial charge in [0.25, 0.3) is 5.91 Å². The lowest BCUT2D eigenvalue weighted by molar-refractivity contribution is 0.0988. The lowest BCUT2D eigenvalue weighted by atomic mass is 10.2. The highest BCUT2D eigenvalue weighted by molar-refractivity contribution is 6.04. The molecular formula is C14H14FN3O.